The van der Waals surface area contributed by atoms with Crippen molar-refractivity contribution in [2.45, 2.75) is 43.5 Å². The number of likely N-dealkylation sites (tertiary alicyclic amines) is 1. The number of benzene rings is 1. The van der Waals surface area contributed by atoms with Crippen LogP contribution in [-0.4, -0.2) is 79.7 Å². The lowest BCUT2D eigenvalue weighted by Gasteiger charge is -2.36. The summed E-state index contributed by atoms with van der Waals surface area (Å²) >= 11 is 0. The van der Waals surface area contributed by atoms with Gasteiger partial charge in [0.1, 0.15) is 11.8 Å². The van der Waals surface area contributed by atoms with E-state index in [1.807, 2.05) is 6.92 Å². The summed E-state index contributed by atoms with van der Waals surface area (Å²) in [5, 5.41) is 0. The van der Waals surface area contributed by atoms with Gasteiger partial charge in [0, 0.05) is 38.6 Å². The molecule has 2 amide bonds. The van der Waals surface area contributed by atoms with Crippen LogP contribution in [0.5, 0.6) is 5.75 Å². The number of hydrogen-bond acceptors (Lipinski definition) is 5. The highest BCUT2D eigenvalue weighted by atomic mass is 32.2. The van der Waals surface area contributed by atoms with Gasteiger partial charge in [0.15, 0.2) is 0 Å². The Kier molecular flexibility index (Phi) is 6.02. The molecule has 30 heavy (non-hydrogen) atoms. The van der Waals surface area contributed by atoms with Crippen LogP contribution in [0.3, 0.4) is 0 Å². The minimum atomic E-state index is -3.61. The molecule has 1 aromatic carbocycles. The van der Waals surface area contributed by atoms with E-state index in [9.17, 15) is 18.0 Å². The summed E-state index contributed by atoms with van der Waals surface area (Å²) in [4.78, 5) is 29.2. The van der Waals surface area contributed by atoms with Gasteiger partial charge in [-0.3, -0.25) is 9.59 Å². The predicted molar refractivity (Wildman–Crippen MR) is 110 cm³/mol. The van der Waals surface area contributed by atoms with Crippen LogP contribution in [0.4, 0.5) is 0 Å². The Morgan fingerprint density at radius 2 is 1.63 bits per heavy atom. The zero-order valence-electron chi connectivity index (χ0n) is 17.3. The molecule has 9 heteroatoms. The van der Waals surface area contributed by atoms with Crippen LogP contribution >= 0.6 is 0 Å². The second-order valence-electron chi connectivity index (χ2n) is 8.10. The standard InChI is InChI=1S/C21H29N3O5S/c1-2-29-17-7-9-18(10-8-17)30(27,28)23-14-12-22(13-15-23)21(26)19-4-3-11-24(19)20(25)16-5-6-16/h7-10,16,19H,2-6,11-15H2,1H3. The third kappa shape index (κ3) is 4.18. The molecule has 8 nitrogen and oxygen atoms in total. The molecule has 3 aliphatic rings. The summed E-state index contributed by atoms with van der Waals surface area (Å²) in [6.45, 7) is 4.24. The van der Waals surface area contributed by atoms with Crippen molar-refractivity contribution in [3.63, 3.8) is 0 Å². The van der Waals surface area contributed by atoms with Crippen molar-refractivity contribution in [2.24, 2.45) is 5.92 Å². The first-order valence-electron chi connectivity index (χ1n) is 10.7. The molecule has 0 bridgehead atoms. The van der Waals surface area contributed by atoms with E-state index in [0.29, 0.717) is 38.4 Å². The maximum Gasteiger partial charge on any atom is 0.245 e. The van der Waals surface area contributed by atoms with Crippen LogP contribution in [0.2, 0.25) is 0 Å². The van der Waals surface area contributed by atoms with Gasteiger partial charge in [-0.1, -0.05) is 0 Å². The van der Waals surface area contributed by atoms with Crippen molar-refractivity contribution in [1.82, 2.24) is 14.1 Å². The number of piperazine rings is 1. The van der Waals surface area contributed by atoms with Crippen LogP contribution in [-0.2, 0) is 19.6 Å². The molecule has 0 radical (unpaired) electrons. The van der Waals surface area contributed by atoms with Crippen molar-refractivity contribution >= 4 is 21.8 Å². The fourth-order valence-electron chi connectivity index (χ4n) is 4.24. The first-order chi connectivity index (χ1) is 14.4. The molecule has 0 aromatic heterocycles. The monoisotopic (exact) mass is 435 g/mol. The van der Waals surface area contributed by atoms with Gasteiger partial charge >= 0.3 is 0 Å². The first kappa shape index (κ1) is 21.1. The van der Waals surface area contributed by atoms with E-state index in [0.717, 1.165) is 19.3 Å². The van der Waals surface area contributed by atoms with Gasteiger partial charge in [0.25, 0.3) is 0 Å². The zero-order valence-corrected chi connectivity index (χ0v) is 18.1. The van der Waals surface area contributed by atoms with Gasteiger partial charge in [-0.05, 0) is 56.9 Å². The first-order valence-corrected chi connectivity index (χ1v) is 12.2. The average molecular weight is 436 g/mol. The summed E-state index contributed by atoms with van der Waals surface area (Å²) in [6, 6.07) is 6.03. The van der Waals surface area contributed by atoms with Gasteiger partial charge in [0.05, 0.1) is 11.5 Å². The minimum Gasteiger partial charge on any atom is -0.494 e. The van der Waals surface area contributed by atoms with Crippen LogP contribution in [0, 0.1) is 5.92 Å². The highest BCUT2D eigenvalue weighted by Gasteiger charge is 2.42. The molecule has 2 saturated heterocycles. The van der Waals surface area contributed by atoms with E-state index in [1.54, 1.807) is 34.1 Å². The Bertz CT molecular complexity index is 890. The van der Waals surface area contributed by atoms with E-state index in [1.165, 1.54) is 4.31 Å². The van der Waals surface area contributed by atoms with Gasteiger partial charge < -0.3 is 14.5 Å². The lowest BCUT2D eigenvalue weighted by atomic mass is 10.1. The fourth-order valence-corrected chi connectivity index (χ4v) is 5.66. The maximum atomic E-state index is 13.0. The van der Waals surface area contributed by atoms with Crippen molar-refractivity contribution in [3.8, 4) is 5.75 Å². The number of amides is 2. The largest absolute Gasteiger partial charge is 0.494 e. The number of rotatable bonds is 6. The maximum absolute atomic E-state index is 13.0. The van der Waals surface area contributed by atoms with Gasteiger partial charge in [-0.25, -0.2) is 8.42 Å². The molecule has 2 aliphatic heterocycles. The lowest BCUT2D eigenvalue weighted by molar-refractivity contribution is -0.145. The highest BCUT2D eigenvalue weighted by molar-refractivity contribution is 7.89. The third-order valence-electron chi connectivity index (χ3n) is 6.07. The molecule has 1 saturated carbocycles. The van der Waals surface area contributed by atoms with E-state index in [-0.39, 0.29) is 41.8 Å². The topological polar surface area (TPSA) is 87.2 Å². The molecule has 1 unspecified atom stereocenters. The molecule has 1 aliphatic carbocycles. The summed E-state index contributed by atoms with van der Waals surface area (Å²) < 4.78 is 32.7. The number of sulfonamides is 1. The predicted octanol–water partition coefficient (Wildman–Crippen LogP) is 1.32. The van der Waals surface area contributed by atoms with Crippen molar-refractivity contribution in [2.75, 3.05) is 39.3 Å². The number of ether oxygens (including phenoxy) is 1. The fraction of sp³-hybridized carbons (Fsp3) is 0.619. The summed E-state index contributed by atoms with van der Waals surface area (Å²) in [5.74, 6) is 0.811. The number of hydrogen-bond donors (Lipinski definition) is 0. The Morgan fingerprint density at radius 3 is 2.23 bits per heavy atom. The normalized spacial score (nSPS) is 22.9. The molecule has 1 aromatic rings. The molecule has 2 heterocycles. The molecule has 0 spiro atoms. The molecular weight excluding hydrogens is 406 g/mol. The molecule has 0 N–H and O–H groups in total. The Hall–Kier alpha value is -2.13. The summed E-state index contributed by atoms with van der Waals surface area (Å²) in [6.07, 6.45) is 3.40. The Balaban J connectivity index is 1.37. The van der Waals surface area contributed by atoms with Crippen LogP contribution < -0.4 is 4.74 Å². The lowest BCUT2D eigenvalue weighted by Crippen LogP contribution is -2.55. The second kappa shape index (κ2) is 8.55. The van der Waals surface area contributed by atoms with Crippen LogP contribution in [0.25, 0.3) is 0 Å². The Labute approximate surface area is 177 Å². The van der Waals surface area contributed by atoms with Gasteiger partial charge in [-0.15, -0.1) is 0 Å². The third-order valence-corrected chi connectivity index (χ3v) is 7.98. The van der Waals surface area contributed by atoms with E-state index in [4.69, 9.17) is 4.74 Å². The van der Waals surface area contributed by atoms with E-state index >= 15 is 0 Å². The van der Waals surface area contributed by atoms with Crippen molar-refractivity contribution < 1.29 is 22.7 Å². The second-order valence-corrected chi connectivity index (χ2v) is 10.0. The number of nitrogens with zero attached hydrogens (tertiary/aromatic N) is 3. The SMILES string of the molecule is CCOc1ccc(S(=O)(=O)N2CCN(C(=O)C3CCCN3C(=O)C3CC3)CC2)cc1. The molecule has 164 valence electrons. The van der Waals surface area contributed by atoms with Crippen LogP contribution in [0.15, 0.2) is 29.2 Å². The quantitative estimate of drug-likeness (QED) is 0.673. The van der Waals surface area contributed by atoms with Gasteiger partial charge in [0.2, 0.25) is 21.8 Å². The molecule has 4 rings (SSSR count). The zero-order chi connectivity index (χ0) is 21.3. The molecule has 3 fully saturated rings. The van der Waals surface area contributed by atoms with Crippen LogP contribution in [0.1, 0.15) is 32.6 Å². The van der Waals surface area contributed by atoms with Crippen molar-refractivity contribution in [3.05, 3.63) is 24.3 Å². The average Bonchev–Trinajstić information content (AvgIpc) is 3.50. The number of carbonyl (C=O) groups is 2. The Morgan fingerprint density at radius 1 is 0.967 bits per heavy atom. The van der Waals surface area contributed by atoms with Crippen molar-refractivity contribution in [1.29, 1.82) is 0 Å². The molecule has 1 atom stereocenters. The van der Waals surface area contributed by atoms with E-state index < -0.39 is 10.0 Å². The summed E-state index contributed by atoms with van der Waals surface area (Å²) in [7, 11) is -3.61. The van der Waals surface area contributed by atoms with Gasteiger partial charge in [-0.2, -0.15) is 4.31 Å². The summed E-state index contributed by atoms with van der Waals surface area (Å²) in [5.41, 5.74) is 0. The number of carbonyl (C=O) groups excluding carboxylic acids is 2. The minimum absolute atomic E-state index is 0.0420. The smallest absolute Gasteiger partial charge is 0.245 e. The van der Waals surface area contributed by atoms with E-state index in [2.05, 4.69) is 0 Å². The molecular formula is C21H29N3O5S. The highest BCUT2D eigenvalue weighted by Crippen LogP contribution is 2.34.